The van der Waals surface area contributed by atoms with Gasteiger partial charge in [0.1, 0.15) is 6.26 Å². The Bertz CT molecular complexity index is 468. The van der Waals surface area contributed by atoms with E-state index < -0.39 is 0 Å². The van der Waals surface area contributed by atoms with E-state index >= 15 is 0 Å². The van der Waals surface area contributed by atoms with E-state index in [2.05, 4.69) is 14.7 Å². The molecule has 5 heteroatoms. The van der Waals surface area contributed by atoms with Crippen molar-refractivity contribution in [1.29, 1.82) is 0 Å². The third kappa shape index (κ3) is 2.90. The number of pyridine rings is 1. The summed E-state index contributed by atoms with van der Waals surface area (Å²) in [6, 6.07) is 3.88. The van der Waals surface area contributed by atoms with E-state index in [-0.39, 0.29) is 5.91 Å². The van der Waals surface area contributed by atoms with Gasteiger partial charge in [-0.1, -0.05) is 5.16 Å². The van der Waals surface area contributed by atoms with E-state index in [1.165, 1.54) is 12.5 Å². The van der Waals surface area contributed by atoms with E-state index in [4.69, 9.17) is 0 Å². The molecule has 5 nitrogen and oxygen atoms in total. The van der Waals surface area contributed by atoms with Crippen LogP contribution in [0, 0.1) is 0 Å². The molecule has 88 valence electrons. The zero-order valence-corrected chi connectivity index (χ0v) is 9.54. The van der Waals surface area contributed by atoms with Gasteiger partial charge in [0.25, 0.3) is 5.91 Å². The molecular weight excluding hydrogens is 218 g/mol. The molecule has 0 aromatic carbocycles. The maximum atomic E-state index is 11.8. The van der Waals surface area contributed by atoms with Gasteiger partial charge in [-0.3, -0.25) is 9.78 Å². The summed E-state index contributed by atoms with van der Waals surface area (Å²) < 4.78 is 4.64. The highest BCUT2D eigenvalue weighted by Gasteiger charge is 2.13. The SMILES string of the molecule is CN(CCc1ccncc1)C(=O)c1cnoc1. The molecule has 0 atom stereocenters. The second-order valence-corrected chi connectivity index (χ2v) is 3.75. The summed E-state index contributed by atoms with van der Waals surface area (Å²) in [5.74, 6) is -0.0830. The number of aromatic nitrogens is 2. The van der Waals surface area contributed by atoms with Crippen LogP contribution in [0.1, 0.15) is 15.9 Å². The molecule has 0 aliphatic heterocycles. The smallest absolute Gasteiger partial charge is 0.258 e. The molecule has 0 saturated heterocycles. The molecule has 2 rings (SSSR count). The summed E-state index contributed by atoms with van der Waals surface area (Å²) >= 11 is 0. The van der Waals surface area contributed by atoms with Gasteiger partial charge in [0, 0.05) is 26.0 Å². The van der Waals surface area contributed by atoms with E-state index in [0.29, 0.717) is 12.1 Å². The van der Waals surface area contributed by atoms with Gasteiger partial charge in [-0.05, 0) is 24.1 Å². The average Bonchev–Trinajstić information content (AvgIpc) is 2.90. The first-order valence-corrected chi connectivity index (χ1v) is 5.31. The third-order valence-electron chi connectivity index (χ3n) is 2.51. The van der Waals surface area contributed by atoms with Gasteiger partial charge in [-0.15, -0.1) is 0 Å². The lowest BCUT2D eigenvalue weighted by molar-refractivity contribution is 0.0796. The normalized spacial score (nSPS) is 10.2. The molecule has 0 aliphatic rings. The highest BCUT2D eigenvalue weighted by Crippen LogP contribution is 2.04. The van der Waals surface area contributed by atoms with Crippen LogP contribution < -0.4 is 0 Å². The van der Waals surface area contributed by atoms with Crippen LogP contribution in [-0.4, -0.2) is 34.5 Å². The third-order valence-corrected chi connectivity index (χ3v) is 2.51. The largest absolute Gasteiger partial charge is 0.364 e. The highest BCUT2D eigenvalue weighted by atomic mass is 16.5. The fourth-order valence-electron chi connectivity index (χ4n) is 1.48. The molecule has 1 amide bonds. The number of amides is 1. The van der Waals surface area contributed by atoms with Gasteiger partial charge >= 0.3 is 0 Å². The Morgan fingerprint density at radius 1 is 1.41 bits per heavy atom. The summed E-state index contributed by atoms with van der Waals surface area (Å²) in [5, 5.41) is 3.51. The Hall–Kier alpha value is -2.17. The van der Waals surface area contributed by atoms with Crippen molar-refractivity contribution in [3.8, 4) is 0 Å². The molecule has 0 radical (unpaired) electrons. The predicted molar refractivity (Wildman–Crippen MR) is 61.4 cm³/mol. The molecule has 0 unspecified atom stereocenters. The Morgan fingerprint density at radius 3 is 2.82 bits per heavy atom. The minimum atomic E-state index is -0.0830. The van der Waals surface area contributed by atoms with Crippen molar-refractivity contribution in [1.82, 2.24) is 15.0 Å². The molecule has 17 heavy (non-hydrogen) atoms. The first-order valence-electron chi connectivity index (χ1n) is 5.31. The fraction of sp³-hybridized carbons (Fsp3) is 0.250. The van der Waals surface area contributed by atoms with Crippen LogP contribution >= 0.6 is 0 Å². The maximum Gasteiger partial charge on any atom is 0.258 e. The van der Waals surface area contributed by atoms with Crippen LogP contribution in [-0.2, 0) is 6.42 Å². The van der Waals surface area contributed by atoms with Crippen molar-refractivity contribution in [2.75, 3.05) is 13.6 Å². The molecule has 2 aromatic heterocycles. The average molecular weight is 231 g/mol. The number of nitrogens with zero attached hydrogens (tertiary/aromatic N) is 3. The Labute approximate surface area is 99.1 Å². The van der Waals surface area contributed by atoms with E-state index in [1.54, 1.807) is 24.3 Å². The zero-order chi connectivity index (χ0) is 12.1. The zero-order valence-electron chi connectivity index (χ0n) is 9.54. The summed E-state index contributed by atoms with van der Waals surface area (Å²) in [5.41, 5.74) is 1.63. The second-order valence-electron chi connectivity index (χ2n) is 3.75. The van der Waals surface area contributed by atoms with E-state index in [9.17, 15) is 4.79 Å². The predicted octanol–water partition coefficient (Wildman–Crippen LogP) is 1.38. The number of rotatable bonds is 4. The van der Waals surface area contributed by atoms with E-state index in [1.807, 2.05) is 12.1 Å². The number of hydrogen-bond donors (Lipinski definition) is 0. The van der Waals surface area contributed by atoms with Crippen LogP contribution in [0.4, 0.5) is 0 Å². The van der Waals surface area contributed by atoms with E-state index in [0.717, 1.165) is 12.0 Å². The summed E-state index contributed by atoms with van der Waals surface area (Å²) in [4.78, 5) is 17.4. The van der Waals surface area contributed by atoms with Crippen molar-refractivity contribution < 1.29 is 9.32 Å². The number of likely N-dealkylation sites (N-methyl/N-ethyl adjacent to an activating group) is 1. The summed E-state index contributed by atoms with van der Waals surface area (Å²) in [6.45, 7) is 0.647. The standard InChI is InChI=1S/C12H13N3O2/c1-15(12(16)11-8-14-17-9-11)7-4-10-2-5-13-6-3-10/h2-3,5-6,8-9H,4,7H2,1H3. The first-order chi connectivity index (χ1) is 8.27. The fourth-order valence-corrected chi connectivity index (χ4v) is 1.48. The van der Waals surface area contributed by atoms with Crippen molar-refractivity contribution in [2.45, 2.75) is 6.42 Å². The molecule has 0 bridgehead atoms. The van der Waals surface area contributed by atoms with Crippen molar-refractivity contribution in [3.63, 3.8) is 0 Å². The van der Waals surface area contributed by atoms with Gasteiger partial charge in [0.05, 0.1) is 11.8 Å². The van der Waals surface area contributed by atoms with Crippen molar-refractivity contribution in [3.05, 3.63) is 48.1 Å². The molecule has 0 spiro atoms. The Morgan fingerprint density at radius 2 is 2.18 bits per heavy atom. The molecule has 0 aliphatic carbocycles. The van der Waals surface area contributed by atoms with Crippen molar-refractivity contribution >= 4 is 5.91 Å². The monoisotopic (exact) mass is 231 g/mol. The summed E-state index contributed by atoms with van der Waals surface area (Å²) in [6.07, 6.45) is 7.07. The van der Waals surface area contributed by atoms with Gasteiger partial charge in [-0.25, -0.2) is 0 Å². The van der Waals surface area contributed by atoms with Crippen LogP contribution in [0.15, 0.2) is 41.5 Å². The molecular formula is C12H13N3O2. The Balaban J connectivity index is 1.90. The summed E-state index contributed by atoms with van der Waals surface area (Å²) in [7, 11) is 1.76. The van der Waals surface area contributed by atoms with Crippen LogP contribution in [0.25, 0.3) is 0 Å². The van der Waals surface area contributed by atoms with Gasteiger partial charge in [0.2, 0.25) is 0 Å². The molecule has 0 fully saturated rings. The highest BCUT2D eigenvalue weighted by molar-refractivity contribution is 5.93. The maximum absolute atomic E-state index is 11.8. The molecule has 0 saturated carbocycles. The number of carbonyl (C=O) groups is 1. The molecule has 2 heterocycles. The van der Waals surface area contributed by atoms with Crippen molar-refractivity contribution in [2.24, 2.45) is 0 Å². The molecule has 2 aromatic rings. The lowest BCUT2D eigenvalue weighted by Gasteiger charge is -2.15. The molecule has 0 N–H and O–H groups in total. The lowest BCUT2D eigenvalue weighted by Crippen LogP contribution is -2.28. The first kappa shape index (κ1) is 11.3. The number of carbonyl (C=O) groups excluding carboxylic acids is 1. The van der Waals surface area contributed by atoms with Gasteiger partial charge < -0.3 is 9.42 Å². The van der Waals surface area contributed by atoms with Gasteiger partial charge in [0.15, 0.2) is 0 Å². The lowest BCUT2D eigenvalue weighted by atomic mass is 10.2. The van der Waals surface area contributed by atoms with Crippen LogP contribution in [0.5, 0.6) is 0 Å². The van der Waals surface area contributed by atoms with Crippen LogP contribution in [0.3, 0.4) is 0 Å². The van der Waals surface area contributed by atoms with Gasteiger partial charge in [-0.2, -0.15) is 0 Å². The second kappa shape index (κ2) is 5.25. The quantitative estimate of drug-likeness (QED) is 0.797. The minimum Gasteiger partial charge on any atom is -0.364 e. The topological polar surface area (TPSA) is 59.2 Å². The number of hydrogen-bond acceptors (Lipinski definition) is 4. The minimum absolute atomic E-state index is 0.0830. The Kier molecular flexibility index (Phi) is 3.49. The van der Waals surface area contributed by atoms with Crippen LogP contribution in [0.2, 0.25) is 0 Å².